The molecule has 0 saturated heterocycles. The molecule has 0 fully saturated rings. The van der Waals surface area contributed by atoms with Gasteiger partial charge in [-0.25, -0.2) is 0 Å². The van der Waals surface area contributed by atoms with Gasteiger partial charge in [0.25, 0.3) is 0 Å². The van der Waals surface area contributed by atoms with E-state index in [0.717, 1.165) is 16.8 Å². The normalized spacial score (nSPS) is 11.6. The standard InChI is InChI=1S/C15H15N3/c1-18-14-8-3-2-7-13(14)15(17)12-6-4-5-11(9-12)10-16/h2-9,15,18H,17H2,1H3. The second-order valence-electron chi connectivity index (χ2n) is 4.05. The van der Waals surface area contributed by atoms with Crippen molar-refractivity contribution in [1.82, 2.24) is 0 Å². The predicted molar refractivity (Wildman–Crippen MR) is 73.2 cm³/mol. The molecule has 90 valence electrons. The average molecular weight is 237 g/mol. The van der Waals surface area contributed by atoms with Crippen LogP contribution < -0.4 is 11.1 Å². The summed E-state index contributed by atoms with van der Waals surface area (Å²) in [6, 6.07) is 17.2. The topological polar surface area (TPSA) is 61.8 Å². The van der Waals surface area contributed by atoms with E-state index in [-0.39, 0.29) is 6.04 Å². The molecule has 0 amide bonds. The van der Waals surface area contributed by atoms with Crippen LogP contribution in [0.3, 0.4) is 0 Å². The quantitative estimate of drug-likeness (QED) is 0.862. The molecule has 0 spiro atoms. The number of nitrogens with zero attached hydrogens (tertiary/aromatic N) is 1. The van der Waals surface area contributed by atoms with E-state index < -0.39 is 0 Å². The average Bonchev–Trinajstić information content (AvgIpc) is 2.46. The molecule has 2 aromatic rings. The Balaban J connectivity index is 2.41. The van der Waals surface area contributed by atoms with Crippen molar-refractivity contribution >= 4 is 5.69 Å². The van der Waals surface area contributed by atoms with Crippen LogP contribution in [-0.2, 0) is 0 Å². The molecule has 1 unspecified atom stereocenters. The zero-order valence-corrected chi connectivity index (χ0v) is 10.2. The van der Waals surface area contributed by atoms with E-state index in [1.165, 1.54) is 0 Å². The van der Waals surface area contributed by atoms with Crippen molar-refractivity contribution < 1.29 is 0 Å². The molecule has 2 aromatic carbocycles. The molecule has 0 bridgehead atoms. The van der Waals surface area contributed by atoms with Crippen LogP contribution in [0.1, 0.15) is 22.7 Å². The van der Waals surface area contributed by atoms with Gasteiger partial charge in [0, 0.05) is 12.7 Å². The minimum atomic E-state index is -0.234. The molecule has 0 aliphatic heterocycles. The lowest BCUT2D eigenvalue weighted by Crippen LogP contribution is -2.13. The van der Waals surface area contributed by atoms with Gasteiger partial charge in [-0.15, -0.1) is 0 Å². The molecule has 0 aliphatic rings. The van der Waals surface area contributed by atoms with Gasteiger partial charge in [-0.1, -0.05) is 30.3 Å². The molecule has 18 heavy (non-hydrogen) atoms. The lowest BCUT2D eigenvalue weighted by molar-refractivity contribution is 0.872. The maximum atomic E-state index is 8.91. The van der Waals surface area contributed by atoms with Gasteiger partial charge >= 0.3 is 0 Å². The largest absolute Gasteiger partial charge is 0.388 e. The summed E-state index contributed by atoms with van der Waals surface area (Å²) in [6.45, 7) is 0. The monoisotopic (exact) mass is 237 g/mol. The molecule has 1 atom stereocenters. The Hall–Kier alpha value is -2.31. The second-order valence-corrected chi connectivity index (χ2v) is 4.05. The number of nitrogens with one attached hydrogen (secondary N) is 1. The Morgan fingerprint density at radius 3 is 2.67 bits per heavy atom. The fourth-order valence-electron chi connectivity index (χ4n) is 1.98. The van der Waals surface area contributed by atoms with E-state index >= 15 is 0 Å². The number of anilines is 1. The first-order chi connectivity index (χ1) is 8.76. The zero-order valence-electron chi connectivity index (χ0n) is 10.2. The molecule has 3 N–H and O–H groups in total. The third-order valence-electron chi connectivity index (χ3n) is 2.94. The highest BCUT2D eigenvalue weighted by molar-refractivity contribution is 5.54. The molecule has 0 aliphatic carbocycles. The van der Waals surface area contributed by atoms with E-state index in [9.17, 15) is 0 Å². The van der Waals surface area contributed by atoms with Gasteiger partial charge in [0.15, 0.2) is 0 Å². The van der Waals surface area contributed by atoms with Gasteiger partial charge in [-0.3, -0.25) is 0 Å². The van der Waals surface area contributed by atoms with Gasteiger partial charge < -0.3 is 11.1 Å². The third kappa shape index (κ3) is 2.34. The summed E-state index contributed by atoms with van der Waals surface area (Å²) < 4.78 is 0. The summed E-state index contributed by atoms with van der Waals surface area (Å²) in [7, 11) is 1.87. The molecular weight excluding hydrogens is 222 g/mol. The summed E-state index contributed by atoms with van der Waals surface area (Å²) in [5.74, 6) is 0. The Morgan fingerprint density at radius 2 is 1.94 bits per heavy atom. The Bertz CT molecular complexity index is 584. The second kappa shape index (κ2) is 5.35. The fraction of sp³-hybridized carbons (Fsp3) is 0.133. The van der Waals surface area contributed by atoms with Gasteiger partial charge in [-0.2, -0.15) is 5.26 Å². The summed E-state index contributed by atoms with van der Waals surface area (Å²) in [6.07, 6.45) is 0. The highest BCUT2D eigenvalue weighted by atomic mass is 14.8. The highest BCUT2D eigenvalue weighted by Crippen LogP contribution is 2.26. The van der Waals surface area contributed by atoms with Crippen molar-refractivity contribution in [3.63, 3.8) is 0 Å². The molecule has 3 nitrogen and oxygen atoms in total. The smallest absolute Gasteiger partial charge is 0.0991 e. The number of para-hydroxylation sites is 1. The summed E-state index contributed by atoms with van der Waals surface area (Å²) in [5, 5.41) is 12.0. The first-order valence-electron chi connectivity index (χ1n) is 5.78. The van der Waals surface area contributed by atoms with Crippen LogP contribution in [0.5, 0.6) is 0 Å². The molecule has 3 heteroatoms. The summed E-state index contributed by atoms with van der Waals surface area (Å²) >= 11 is 0. The van der Waals surface area contributed by atoms with Crippen molar-refractivity contribution in [1.29, 1.82) is 5.26 Å². The molecule has 0 aromatic heterocycles. The van der Waals surface area contributed by atoms with Crippen molar-refractivity contribution in [2.24, 2.45) is 5.73 Å². The number of hydrogen-bond acceptors (Lipinski definition) is 3. The Labute approximate surface area is 107 Å². The predicted octanol–water partition coefficient (Wildman–Crippen LogP) is 2.65. The van der Waals surface area contributed by atoms with Crippen molar-refractivity contribution in [3.8, 4) is 6.07 Å². The number of nitrogens with two attached hydrogens (primary N) is 1. The molecule has 0 saturated carbocycles. The summed E-state index contributed by atoms with van der Waals surface area (Å²) in [5.41, 5.74) is 9.87. The first kappa shape index (κ1) is 12.2. The molecule has 0 heterocycles. The highest BCUT2D eigenvalue weighted by Gasteiger charge is 2.12. The fourth-order valence-corrected chi connectivity index (χ4v) is 1.98. The first-order valence-corrected chi connectivity index (χ1v) is 5.78. The van der Waals surface area contributed by atoms with Gasteiger partial charge in [0.1, 0.15) is 0 Å². The van der Waals surface area contributed by atoms with E-state index in [4.69, 9.17) is 11.0 Å². The van der Waals surface area contributed by atoms with Gasteiger partial charge in [-0.05, 0) is 29.3 Å². The van der Waals surface area contributed by atoms with E-state index in [1.54, 1.807) is 6.07 Å². The summed E-state index contributed by atoms with van der Waals surface area (Å²) in [4.78, 5) is 0. The lowest BCUT2D eigenvalue weighted by Gasteiger charge is -2.16. The molecular formula is C15H15N3. The van der Waals surface area contributed by atoms with E-state index in [1.807, 2.05) is 49.5 Å². The van der Waals surface area contributed by atoms with Crippen LogP contribution in [0.2, 0.25) is 0 Å². The molecule has 2 rings (SSSR count). The van der Waals surface area contributed by atoms with Crippen LogP contribution in [0.25, 0.3) is 0 Å². The van der Waals surface area contributed by atoms with Crippen molar-refractivity contribution in [2.75, 3.05) is 12.4 Å². The number of benzene rings is 2. The van der Waals surface area contributed by atoms with E-state index in [2.05, 4.69) is 11.4 Å². The van der Waals surface area contributed by atoms with Crippen LogP contribution >= 0.6 is 0 Å². The lowest BCUT2D eigenvalue weighted by atomic mass is 9.97. The molecule has 0 radical (unpaired) electrons. The van der Waals surface area contributed by atoms with Gasteiger partial charge in [0.05, 0.1) is 17.7 Å². The number of rotatable bonds is 3. The van der Waals surface area contributed by atoms with E-state index in [0.29, 0.717) is 5.56 Å². The number of hydrogen-bond donors (Lipinski definition) is 2. The number of nitriles is 1. The van der Waals surface area contributed by atoms with Crippen LogP contribution in [0, 0.1) is 11.3 Å². The SMILES string of the molecule is CNc1ccccc1C(N)c1cccc(C#N)c1. The van der Waals surface area contributed by atoms with Crippen LogP contribution in [0.15, 0.2) is 48.5 Å². The maximum Gasteiger partial charge on any atom is 0.0991 e. The van der Waals surface area contributed by atoms with Gasteiger partial charge in [0.2, 0.25) is 0 Å². The van der Waals surface area contributed by atoms with Crippen LogP contribution in [-0.4, -0.2) is 7.05 Å². The third-order valence-corrected chi connectivity index (χ3v) is 2.94. The van der Waals surface area contributed by atoms with Crippen molar-refractivity contribution in [2.45, 2.75) is 6.04 Å². The minimum absolute atomic E-state index is 0.234. The Morgan fingerprint density at radius 1 is 1.17 bits per heavy atom. The Kier molecular flexibility index (Phi) is 3.61. The van der Waals surface area contributed by atoms with Crippen molar-refractivity contribution in [3.05, 3.63) is 65.2 Å². The minimum Gasteiger partial charge on any atom is -0.388 e. The van der Waals surface area contributed by atoms with Crippen LogP contribution in [0.4, 0.5) is 5.69 Å². The maximum absolute atomic E-state index is 8.91. The zero-order chi connectivity index (χ0) is 13.0.